The summed E-state index contributed by atoms with van der Waals surface area (Å²) in [4.78, 5) is 38.4. The molecule has 0 bridgehead atoms. The second kappa shape index (κ2) is 10.2. The minimum absolute atomic E-state index is 0.0727. The Kier molecular flexibility index (Phi) is 7.99. The molecule has 154 valence electrons. The Morgan fingerprint density at radius 3 is 2.32 bits per heavy atom. The third kappa shape index (κ3) is 5.55. The van der Waals surface area contributed by atoms with Crippen molar-refractivity contribution in [3.05, 3.63) is 29.8 Å². The number of piperidine rings is 1. The summed E-state index contributed by atoms with van der Waals surface area (Å²) < 4.78 is 5.06. The van der Waals surface area contributed by atoms with E-state index in [1.165, 1.54) is 0 Å². The van der Waals surface area contributed by atoms with E-state index < -0.39 is 6.04 Å². The predicted octanol–water partition coefficient (Wildman–Crippen LogP) is 2.41. The SMILES string of the molecule is CCOC(=O)C1CCN(C(=O)c2ccc(NC(=O)C(N)C(C)CC)cc2)CC1. The number of rotatable bonds is 7. The minimum atomic E-state index is -0.563. The van der Waals surface area contributed by atoms with Gasteiger partial charge in [0, 0.05) is 24.3 Å². The Bertz CT molecular complexity index is 681. The Labute approximate surface area is 166 Å². The summed E-state index contributed by atoms with van der Waals surface area (Å²) in [7, 11) is 0. The van der Waals surface area contributed by atoms with Gasteiger partial charge >= 0.3 is 5.97 Å². The molecule has 2 amide bonds. The fourth-order valence-electron chi connectivity index (χ4n) is 3.20. The molecular formula is C21H31N3O4. The first-order chi connectivity index (χ1) is 13.4. The Balaban J connectivity index is 1.90. The lowest BCUT2D eigenvalue weighted by Crippen LogP contribution is -2.41. The van der Waals surface area contributed by atoms with Crippen LogP contribution in [0.4, 0.5) is 5.69 Å². The van der Waals surface area contributed by atoms with Crippen LogP contribution in [0.5, 0.6) is 0 Å². The highest BCUT2D eigenvalue weighted by Gasteiger charge is 2.28. The lowest BCUT2D eigenvalue weighted by atomic mass is 9.96. The van der Waals surface area contributed by atoms with E-state index in [0.29, 0.717) is 43.8 Å². The van der Waals surface area contributed by atoms with Crippen LogP contribution in [0.1, 0.15) is 50.4 Å². The first-order valence-electron chi connectivity index (χ1n) is 9.99. The highest BCUT2D eigenvalue weighted by molar-refractivity contribution is 5.97. The number of nitrogens with one attached hydrogen (secondary N) is 1. The standard InChI is InChI=1S/C21H31N3O4/c1-4-14(3)18(22)19(25)23-17-8-6-15(7-9-17)20(26)24-12-10-16(11-13-24)21(27)28-5-2/h6-9,14,16,18H,4-5,10-13,22H2,1-3H3,(H,23,25). The molecule has 0 aliphatic carbocycles. The summed E-state index contributed by atoms with van der Waals surface area (Å²) in [6.07, 6.45) is 2.06. The molecule has 2 rings (SSSR count). The van der Waals surface area contributed by atoms with Crippen LogP contribution in [-0.4, -0.2) is 48.4 Å². The Hall–Kier alpha value is -2.41. The van der Waals surface area contributed by atoms with E-state index in [1.807, 2.05) is 13.8 Å². The van der Waals surface area contributed by atoms with Crippen LogP contribution in [0, 0.1) is 11.8 Å². The molecule has 1 aliphatic heterocycles. The molecule has 1 heterocycles. The molecule has 3 N–H and O–H groups in total. The van der Waals surface area contributed by atoms with Gasteiger partial charge < -0.3 is 20.7 Å². The first-order valence-corrected chi connectivity index (χ1v) is 9.99. The van der Waals surface area contributed by atoms with Crippen molar-refractivity contribution >= 4 is 23.5 Å². The van der Waals surface area contributed by atoms with Crippen molar-refractivity contribution in [3.8, 4) is 0 Å². The molecule has 7 heteroatoms. The summed E-state index contributed by atoms with van der Waals surface area (Å²) in [6.45, 7) is 7.17. The van der Waals surface area contributed by atoms with Crippen molar-refractivity contribution in [2.45, 2.75) is 46.1 Å². The molecule has 1 aromatic rings. The smallest absolute Gasteiger partial charge is 0.309 e. The van der Waals surface area contributed by atoms with Gasteiger partial charge in [-0.05, 0) is 49.9 Å². The summed E-state index contributed by atoms with van der Waals surface area (Å²) in [5.74, 6) is -0.508. The summed E-state index contributed by atoms with van der Waals surface area (Å²) in [5.41, 5.74) is 7.11. The van der Waals surface area contributed by atoms with Crippen molar-refractivity contribution in [3.63, 3.8) is 0 Å². The predicted molar refractivity (Wildman–Crippen MR) is 108 cm³/mol. The number of carbonyl (C=O) groups excluding carboxylic acids is 3. The summed E-state index contributed by atoms with van der Waals surface area (Å²) >= 11 is 0. The van der Waals surface area contributed by atoms with Crippen LogP contribution in [0.15, 0.2) is 24.3 Å². The second-order valence-electron chi connectivity index (χ2n) is 7.30. The highest BCUT2D eigenvalue weighted by atomic mass is 16.5. The molecule has 2 atom stereocenters. The molecule has 0 spiro atoms. The topological polar surface area (TPSA) is 102 Å². The number of benzene rings is 1. The number of amides is 2. The Morgan fingerprint density at radius 1 is 1.18 bits per heavy atom. The maximum Gasteiger partial charge on any atom is 0.309 e. The van der Waals surface area contributed by atoms with Crippen LogP contribution >= 0.6 is 0 Å². The van der Waals surface area contributed by atoms with Gasteiger partial charge in [-0.15, -0.1) is 0 Å². The fourth-order valence-corrected chi connectivity index (χ4v) is 3.20. The first kappa shape index (κ1) is 21.9. The maximum absolute atomic E-state index is 12.7. The summed E-state index contributed by atoms with van der Waals surface area (Å²) in [6, 6.07) is 6.25. The monoisotopic (exact) mass is 389 g/mol. The zero-order chi connectivity index (χ0) is 20.7. The van der Waals surface area contributed by atoms with E-state index >= 15 is 0 Å². The number of hydrogen-bond acceptors (Lipinski definition) is 5. The average molecular weight is 389 g/mol. The number of ether oxygens (including phenoxy) is 1. The van der Waals surface area contributed by atoms with Gasteiger partial charge in [0.25, 0.3) is 5.91 Å². The molecular weight excluding hydrogens is 358 g/mol. The maximum atomic E-state index is 12.7. The number of carbonyl (C=O) groups is 3. The van der Waals surface area contributed by atoms with Crippen molar-refractivity contribution in [2.24, 2.45) is 17.6 Å². The fraction of sp³-hybridized carbons (Fsp3) is 0.571. The number of hydrogen-bond donors (Lipinski definition) is 2. The molecule has 1 saturated heterocycles. The van der Waals surface area contributed by atoms with E-state index in [0.717, 1.165) is 6.42 Å². The van der Waals surface area contributed by atoms with Crippen molar-refractivity contribution in [1.29, 1.82) is 0 Å². The van der Waals surface area contributed by atoms with Crippen LogP contribution in [0.25, 0.3) is 0 Å². The number of nitrogens with zero attached hydrogens (tertiary/aromatic N) is 1. The van der Waals surface area contributed by atoms with E-state index in [1.54, 1.807) is 36.1 Å². The number of likely N-dealkylation sites (tertiary alicyclic amines) is 1. The number of esters is 1. The third-order valence-electron chi connectivity index (χ3n) is 5.36. The van der Waals surface area contributed by atoms with Crippen LogP contribution in [0.2, 0.25) is 0 Å². The zero-order valence-electron chi connectivity index (χ0n) is 16.9. The van der Waals surface area contributed by atoms with Crippen LogP contribution in [-0.2, 0) is 14.3 Å². The number of nitrogens with two attached hydrogens (primary N) is 1. The van der Waals surface area contributed by atoms with Gasteiger partial charge in [-0.1, -0.05) is 20.3 Å². The quantitative estimate of drug-likeness (QED) is 0.697. The van der Waals surface area contributed by atoms with Gasteiger partial charge in [0.05, 0.1) is 18.6 Å². The lowest BCUT2D eigenvalue weighted by molar-refractivity contribution is -0.149. The zero-order valence-corrected chi connectivity index (χ0v) is 16.9. The van der Waals surface area contributed by atoms with E-state index in [2.05, 4.69) is 5.32 Å². The van der Waals surface area contributed by atoms with Gasteiger partial charge in [0.2, 0.25) is 5.91 Å². The Morgan fingerprint density at radius 2 is 1.79 bits per heavy atom. The normalized spacial score (nSPS) is 16.9. The lowest BCUT2D eigenvalue weighted by Gasteiger charge is -2.31. The molecule has 1 fully saturated rings. The minimum Gasteiger partial charge on any atom is -0.466 e. The molecule has 0 radical (unpaired) electrons. The summed E-state index contributed by atoms with van der Waals surface area (Å²) in [5, 5.41) is 2.79. The molecule has 0 aromatic heterocycles. The molecule has 28 heavy (non-hydrogen) atoms. The van der Waals surface area contributed by atoms with Gasteiger partial charge in [-0.2, -0.15) is 0 Å². The van der Waals surface area contributed by atoms with Gasteiger partial charge in [-0.3, -0.25) is 14.4 Å². The van der Waals surface area contributed by atoms with Crippen molar-refractivity contribution in [1.82, 2.24) is 4.90 Å². The molecule has 7 nitrogen and oxygen atoms in total. The van der Waals surface area contributed by atoms with Crippen molar-refractivity contribution < 1.29 is 19.1 Å². The third-order valence-corrected chi connectivity index (χ3v) is 5.36. The molecule has 1 aromatic carbocycles. The molecule has 1 aliphatic rings. The van der Waals surface area contributed by atoms with Gasteiger partial charge in [0.15, 0.2) is 0 Å². The van der Waals surface area contributed by atoms with Crippen LogP contribution in [0.3, 0.4) is 0 Å². The van der Waals surface area contributed by atoms with Gasteiger partial charge in [-0.25, -0.2) is 0 Å². The molecule has 2 unspecified atom stereocenters. The van der Waals surface area contributed by atoms with E-state index in [-0.39, 0.29) is 29.6 Å². The highest BCUT2D eigenvalue weighted by Crippen LogP contribution is 2.21. The van der Waals surface area contributed by atoms with E-state index in [4.69, 9.17) is 10.5 Å². The van der Waals surface area contributed by atoms with Crippen LogP contribution < -0.4 is 11.1 Å². The second-order valence-corrected chi connectivity index (χ2v) is 7.30. The van der Waals surface area contributed by atoms with Crippen molar-refractivity contribution in [2.75, 3.05) is 25.0 Å². The average Bonchev–Trinajstić information content (AvgIpc) is 2.72. The van der Waals surface area contributed by atoms with Gasteiger partial charge in [0.1, 0.15) is 0 Å². The largest absolute Gasteiger partial charge is 0.466 e. The van der Waals surface area contributed by atoms with E-state index in [9.17, 15) is 14.4 Å². The molecule has 0 saturated carbocycles. The number of anilines is 1.